The zero-order valence-corrected chi connectivity index (χ0v) is 10.1. The zero-order chi connectivity index (χ0) is 10.1. The summed E-state index contributed by atoms with van der Waals surface area (Å²) < 4.78 is 23.5. The number of halogens is 2. The molecule has 0 fully saturated rings. The van der Waals surface area contributed by atoms with Gasteiger partial charge in [0.15, 0.2) is 9.84 Å². The maximum atomic E-state index is 11.4. The Hall–Kier alpha value is -0.0600. The van der Waals surface area contributed by atoms with E-state index in [9.17, 15) is 8.42 Å². The van der Waals surface area contributed by atoms with Crippen molar-refractivity contribution in [2.24, 2.45) is 0 Å². The first-order valence-corrected chi connectivity index (χ1v) is 6.47. The Morgan fingerprint density at radius 2 is 2.08 bits per heavy atom. The van der Waals surface area contributed by atoms with Gasteiger partial charge in [-0.3, -0.25) is 0 Å². The van der Waals surface area contributed by atoms with Gasteiger partial charge in [0.1, 0.15) is 0 Å². The van der Waals surface area contributed by atoms with E-state index in [-0.39, 0.29) is 10.6 Å². The van der Waals surface area contributed by atoms with Crippen molar-refractivity contribution in [3.05, 3.63) is 27.7 Å². The second kappa shape index (κ2) is 3.98. The molecule has 5 heteroatoms. The summed E-state index contributed by atoms with van der Waals surface area (Å²) in [7, 11) is -3.14. The predicted molar refractivity (Wildman–Crippen MR) is 56.9 cm³/mol. The van der Waals surface area contributed by atoms with Crippen molar-refractivity contribution in [1.82, 2.24) is 0 Å². The van der Waals surface area contributed by atoms with Gasteiger partial charge < -0.3 is 0 Å². The molecule has 0 aromatic heterocycles. The Bertz CT molecular complexity index is 414. The van der Waals surface area contributed by atoms with E-state index in [1.807, 2.05) is 0 Å². The van der Waals surface area contributed by atoms with E-state index >= 15 is 0 Å². The molecule has 0 saturated heterocycles. The molecule has 1 rings (SSSR count). The highest BCUT2D eigenvalue weighted by Crippen LogP contribution is 2.25. The van der Waals surface area contributed by atoms with Gasteiger partial charge in [0.05, 0.1) is 15.7 Å². The molecule has 72 valence electrons. The third kappa shape index (κ3) is 2.45. The van der Waals surface area contributed by atoms with Gasteiger partial charge in [-0.25, -0.2) is 8.42 Å². The van der Waals surface area contributed by atoms with E-state index in [0.29, 0.717) is 9.50 Å². The number of hydrogen-bond donors (Lipinski definition) is 0. The largest absolute Gasteiger partial charge is 0.224 e. The van der Waals surface area contributed by atoms with Crippen LogP contribution >= 0.6 is 27.5 Å². The van der Waals surface area contributed by atoms with Crippen LogP contribution in [0.3, 0.4) is 0 Å². The van der Waals surface area contributed by atoms with E-state index in [1.54, 1.807) is 13.0 Å². The molecule has 0 spiro atoms. The van der Waals surface area contributed by atoms with Crippen LogP contribution < -0.4 is 0 Å². The molecule has 2 nitrogen and oxygen atoms in total. The molecule has 0 unspecified atom stereocenters. The van der Waals surface area contributed by atoms with E-state index in [4.69, 9.17) is 11.6 Å². The van der Waals surface area contributed by atoms with Crippen LogP contribution in [-0.4, -0.2) is 14.2 Å². The summed E-state index contributed by atoms with van der Waals surface area (Å²) in [5, 5.41) is 0.412. The smallest absolute Gasteiger partial charge is 0.178 e. The Morgan fingerprint density at radius 3 is 2.54 bits per heavy atom. The van der Waals surface area contributed by atoms with Crippen molar-refractivity contribution < 1.29 is 8.42 Å². The van der Waals surface area contributed by atoms with Gasteiger partial charge in [0.25, 0.3) is 0 Å². The second-order valence-electron chi connectivity index (χ2n) is 2.48. The van der Waals surface area contributed by atoms with Crippen molar-refractivity contribution in [2.45, 2.75) is 11.8 Å². The van der Waals surface area contributed by atoms with E-state index in [1.165, 1.54) is 12.1 Å². The monoisotopic (exact) mass is 282 g/mol. The van der Waals surface area contributed by atoms with Crippen molar-refractivity contribution in [3.8, 4) is 0 Å². The van der Waals surface area contributed by atoms with E-state index in [0.717, 1.165) is 0 Å². The molecule has 1 aromatic rings. The summed E-state index contributed by atoms with van der Waals surface area (Å²) in [5.74, 6) is 0.0883. The first kappa shape index (κ1) is 11.0. The highest BCUT2D eigenvalue weighted by atomic mass is 79.9. The van der Waals surface area contributed by atoms with Crippen LogP contribution in [0.4, 0.5) is 0 Å². The lowest BCUT2D eigenvalue weighted by Gasteiger charge is -2.02. The lowest BCUT2D eigenvalue weighted by molar-refractivity contribution is 0.597. The number of hydrogen-bond acceptors (Lipinski definition) is 2. The lowest BCUT2D eigenvalue weighted by Crippen LogP contribution is -2.03. The van der Waals surface area contributed by atoms with Gasteiger partial charge in [0, 0.05) is 4.47 Å². The van der Waals surface area contributed by atoms with Crippen LogP contribution in [0, 0.1) is 0 Å². The molecule has 0 bridgehead atoms. The van der Waals surface area contributed by atoms with Crippen LogP contribution in [0.5, 0.6) is 0 Å². The van der Waals surface area contributed by atoms with Gasteiger partial charge in [-0.2, -0.15) is 0 Å². The summed E-state index contributed by atoms with van der Waals surface area (Å²) in [5.41, 5.74) is 0. The molecule has 0 saturated carbocycles. The normalized spacial score (nSPS) is 11.6. The average Bonchev–Trinajstić information content (AvgIpc) is 2.09. The molecule has 0 radical (unpaired) electrons. The number of benzene rings is 1. The quantitative estimate of drug-likeness (QED) is 0.836. The fraction of sp³-hybridized carbons (Fsp3) is 0.250. The molecule has 0 heterocycles. The topological polar surface area (TPSA) is 34.1 Å². The highest BCUT2D eigenvalue weighted by Gasteiger charge is 2.12. The standard InChI is InChI=1S/C8H8BrClO2S/c1-2-13(11,12)6-3-4-7(9)8(10)5-6/h3-5H,2H2,1H3. The lowest BCUT2D eigenvalue weighted by atomic mass is 10.4. The van der Waals surface area contributed by atoms with Crippen molar-refractivity contribution in [3.63, 3.8) is 0 Å². The average molecular weight is 284 g/mol. The van der Waals surface area contributed by atoms with Crippen LogP contribution in [0.1, 0.15) is 6.92 Å². The molecule has 1 aromatic carbocycles. The summed E-state index contributed by atoms with van der Waals surface area (Å²) in [6.45, 7) is 1.60. The molecule has 0 aliphatic carbocycles. The Labute approximate surface area is 91.0 Å². The summed E-state index contributed by atoms with van der Waals surface area (Å²) in [6, 6.07) is 4.62. The highest BCUT2D eigenvalue weighted by molar-refractivity contribution is 9.10. The molecule has 0 atom stereocenters. The van der Waals surface area contributed by atoms with Crippen LogP contribution in [0.15, 0.2) is 27.6 Å². The van der Waals surface area contributed by atoms with Gasteiger partial charge >= 0.3 is 0 Å². The summed E-state index contributed by atoms with van der Waals surface area (Å²) in [6.07, 6.45) is 0. The molecule has 13 heavy (non-hydrogen) atoms. The minimum atomic E-state index is -3.14. The molecule has 0 aliphatic rings. The zero-order valence-electron chi connectivity index (χ0n) is 6.92. The van der Waals surface area contributed by atoms with Crippen molar-refractivity contribution in [1.29, 1.82) is 0 Å². The Morgan fingerprint density at radius 1 is 1.46 bits per heavy atom. The van der Waals surface area contributed by atoms with Gasteiger partial charge in [-0.05, 0) is 34.1 Å². The first-order chi connectivity index (χ1) is 5.97. The minimum absolute atomic E-state index is 0.0883. The molecule has 0 aliphatic heterocycles. The van der Waals surface area contributed by atoms with Crippen molar-refractivity contribution in [2.75, 3.05) is 5.75 Å². The molecule has 0 amide bonds. The van der Waals surface area contributed by atoms with E-state index < -0.39 is 9.84 Å². The van der Waals surface area contributed by atoms with Gasteiger partial charge in [0.2, 0.25) is 0 Å². The Balaban J connectivity index is 3.27. The Kier molecular flexibility index (Phi) is 3.38. The third-order valence-corrected chi connectivity index (χ3v) is 4.59. The maximum Gasteiger partial charge on any atom is 0.178 e. The summed E-state index contributed by atoms with van der Waals surface area (Å²) >= 11 is 8.96. The van der Waals surface area contributed by atoms with Gasteiger partial charge in [-0.15, -0.1) is 0 Å². The SMILES string of the molecule is CCS(=O)(=O)c1ccc(Br)c(Cl)c1. The third-order valence-electron chi connectivity index (χ3n) is 1.63. The molecule has 0 N–H and O–H groups in total. The first-order valence-electron chi connectivity index (χ1n) is 3.65. The molecular formula is C8H8BrClO2S. The number of sulfone groups is 1. The van der Waals surface area contributed by atoms with Crippen molar-refractivity contribution >= 4 is 37.4 Å². The van der Waals surface area contributed by atoms with Crippen LogP contribution in [0.2, 0.25) is 5.02 Å². The van der Waals surface area contributed by atoms with Crippen LogP contribution in [-0.2, 0) is 9.84 Å². The fourth-order valence-electron chi connectivity index (χ4n) is 0.837. The minimum Gasteiger partial charge on any atom is -0.224 e. The second-order valence-corrected chi connectivity index (χ2v) is 6.02. The summed E-state index contributed by atoms with van der Waals surface area (Å²) in [4.78, 5) is 0.267. The predicted octanol–water partition coefficient (Wildman–Crippen LogP) is 2.90. The maximum absolute atomic E-state index is 11.4. The fourth-order valence-corrected chi connectivity index (χ4v) is 2.23. The number of rotatable bonds is 2. The molecular weight excluding hydrogens is 276 g/mol. The van der Waals surface area contributed by atoms with E-state index in [2.05, 4.69) is 15.9 Å². The van der Waals surface area contributed by atoms with Gasteiger partial charge in [-0.1, -0.05) is 18.5 Å². The van der Waals surface area contributed by atoms with Crippen LogP contribution in [0.25, 0.3) is 0 Å².